The average molecular weight is 251 g/mol. The summed E-state index contributed by atoms with van der Waals surface area (Å²) in [6.07, 6.45) is 1.87. The first kappa shape index (κ1) is 14.8. The maximum atomic E-state index is 8.80. The second-order valence-electron chi connectivity index (χ2n) is 4.93. The molecule has 1 rings (SSSR count). The summed E-state index contributed by atoms with van der Waals surface area (Å²) >= 11 is 0. The molecular formula is C15H25NO2. The molecule has 0 saturated carbocycles. The second-order valence-corrected chi connectivity index (χ2v) is 4.93. The Balaban J connectivity index is 2.80. The quantitative estimate of drug-likeness (QED) is 0.756. The molecule has 1 N–H and O–H groups in total. The van der Waals surface area contributed by atoms with Crippen molar-refractivity contribution < 1.29 is 9.84 Å². The zero-order valence-corrected chi connectivity index (χ0v) is 11.9. The molecule has 0 aromatic heterocycles. The molecule has 0 radical (unpaired) electrons. The molecule has 0 atom stereocenters. The minimum Gasteiger partial charge on any atom is -0.496 e. The van der Waals surface area contributed by atoms with E-state index in [2.05, 4.69) is 37.9 Å². The number of ether oxygens (including phenoxy) is 1. The Morgan fingerprint density at radius 1 is 1.28 bits per heavy atom. The fraction of sp³-hybridized carbons (Fsp3) is 0.600. The minimum atomic E-state index is 0.272. The van der Waals surface area contributed by atoms with Gasteiger partial charge in [-0.2, -0.15) is 0 Å². The number of hydrogen-bond acceptors (Lipinski definition) is 3. The van der Waals surface area contributed by atoms with Gasteiger partial charge in [0.25, 0.3) is 0 Å². The summed E-state index contributed by atoms with van der Waals surface area (Å²) in [5.74, 6) is 1.41. The van der Waals surface area contributed by atoms with Gasteiger partial charge in [0.15, 0.2) is 0 Å². The van der Waals surface area contributed by atoms with Gasteiger partial charge < -0.3 is 14.7 Å². The maximum absolute atomic E-state index is 8.80. The van der Waals surface area contributed by atoms with Crippen molar-refractivity contribution in [2.75, 3.05) is 32.2 Å². The molecule has 0 spiro atoms. The van der Waals surface area contributed by atoms with E-state index in [4.69, 9.17) is 9.84 Å². The van der Waals surface area contributed by atoms with Crippen LogP contribution in [-0.4, -0.2) is 32.4 Å². The molecule has 3 nitrogen and oxygen atoms in total. The molecule has 0 aliphatic carbocycles. The number of nitrogens with zero attached hydrogens (tertiary/aromatic N) is 1. The van der Waals surface area contributed by atoms with E-state index in [0.717, 1.165) is 25.1 Å². The van der Waals surface area contributed by atoms with Crippen molar-refractivity contribution in [2.45, 2.75) is 32.6 Å². The molecule has 1 aromatic carbocycles. The Hall–Kier alpha value is -1.22. The largest absolute Gasteiger partial charge is 0.496 e. The summed E-state index contributed by atoms with van der Waals surface area (Å²) in [5.41, 5.74) is 2.45. The Labute approximate surface area is 110 Å². The summed E-state index contributed by atoms with van der Waals surface area (Å²) in [5, 5.41) is 8.80. The minimum absolute atomic E-state index is 0.272. The number of aliphatic hydroxyl groups excluding tert-OH is 1. The molecule has 18 heavy (non-hydrogen) atoms. The summed E-state index contributed by atoms with van der Waals surface area (Å²) in [6, 6.07) is 6.32. The van der Waals surface area contributed by atoms with Crippen LogP contribution >= 0.6 is 0 Å². The van der Waals surface area contributed by atoms with E-state index in [9.17, 15) is 0 Å². The third-order valence-corrected chi connectivity index (χ3v) is 3.18. The standard InChI is InChI=1S/C15H25NO2/c1-12(2)14-11-13(7-8-15(14)18-4)16(3)9-5-6-10-17/h7-8,11-12,17H,5-6,9-10H2,1-4H3. The third kappa shape index (κ3) is 3.91. The third-order valence-electron chi connectivity index (χ3n) is 3.18. The zero-order valence-electron chi connectivity index (χ0n) is 11.9. The lowest BCUT2D eigenvalue weighted by molar-refractivity contribution is 0.285. The average Bonchev–Trinajstić information content (AvgIpc) is 2.38. The first-order chi connectivity index (χ1) is 8.60. The molecule has 0 amide bonds. The van der Waals surface area contributed by atoms with Gasteiger partial charge >= 0.3 is 0 Å². The molecular weight excluding hydrogens is 226 g/mol. The van der Waals surface area contributed by atoms with Crippen LogP contribution in [0.2, 0.25) is 0 Å². The van der Waals surface area contributed by atoms with Gasteiger partial charge in [-0.05, 0) is 42.5 Å². The fourth-order valence-corrected chi connectivity index (χ4v) is 2.00. The van der Waals surface area contributed by atoms with Crippen LogP contribution in [0.5, 0.6) is 5.75 Å². The van der Waals surface area contributed by atoms with Gasteiger partial charge in [0.1, 0.15) is 5.75 Å². The number of unbranched alkanes of at least 4 members (excludes halogenated alkanes) is 1. The van der Waals surface area contributed by atoms with Crippen LogP contribution in [0.1, 0.15) is 38.2 Å². The first-order valence-corrected chi connectivity index (χ1v) is 6.60. The molecule has 0 unspecified atom stereocenters. The number of benzene rings is 1. The molecule has 0 aliphatic heterocycles. The topological polar surface area (TPSA) is 32.7 Å². The normalized spacial score (nSPS) is 10.8. The van der Waals surface area contributed by atoms with E-state index in [0.29, 0.717) is 5.92 Å². The summed E-state index contributed by atoms with van der Waals surface area (Å²) in [7, 11) is 3.80. The highest BCUT2D eigenvalue weighted by Crippen LogP contribution is 2.30. The Kier molecular flexibility index (Phi) is 5.99. The number of hydrogen-bond donors (Lipinski definition) is 1. The second kappa shape index (κ2) is 7.27. The van der Waals surface area contributed by atoms with Crippen molar-refractivity contribution in [2.24, 2.45) is 0 Å². The van der Waals surface area contributed by atoms with E-state index >= 15 is 0 Å². The van der Waals surface area contributed by atoms with Gasteiger partial charge in [-0.3, -0.25) is 0 Å². The molecule has 0 saturated heterocycles. The molecule has 0 bridgehead atoms. The Morgan fingerprint density at radius 3 is 2.56 bits per heavy atom. The lowest BCUT2D eigenvalue weighted by Gasteiger charge is -2.22. The Bertz CT molecular complexity index is 364. The van der Waals surface area contributed by atoms with E-state index < -0.39 is 0 Å². The monoisotopic (exact) mass is 251 g/mol. The van der Waals surface area contributed by atoms with Gasteiger partial charge in [0.2, 0.25) is 0 Å². The van der Waals surface area contributed by atoms with Crippen LogP contribution in [-0.2, 0) is 0 Å². The number of rotatable bonds is 7. The molecule has 0 aliphatic rings. The van der Waals surface area contributed by atoms with E-state index in [1.54, 1.807) is 7.11 Å². The van der Waals surface area contributed by atoms with Crippen LogP contribution < -0.4 is 9.64 Å². The summed E-state index contributed by atoms with van der Waals surface area (Å²) in [4.78, 5) is 2.22. The first-order valence-electron chi connectivity index (χ1n) is 6.60. The number of aliphatic hydroxyl groups is 1. The van der Waals surface area contributed by atoms with Gasteiger partial charge in [-0.1, -0.05) is 13.8 Å². The summed E-state index contributed by atoms with van der Waals surface area (Å²) < 4.78 is 5.39. The van der Waals surface area contributed by atoms with Crippen LogP contribution in [0.15, 0.2) is 18.2 Å². The van der Waals surface area contributed by atoms with Gasteiger partial charge in [0.05, 0.1) is 7.11 Å². The van der Waals surface area contributed by atoms with E-state index in [-0.39, 0.29) is 6.61 Å². The zero-order chi connectivity index (χ0) is 13.5. The molecule has 1 aromatic rings. The SMILES string of the molecule is COc1ccc(N(C)CCCCO)cc1C(C)C. The predicted molar refractivity (Wildman–Crippen MR) is 76.7 cm³/mol. The van der Waals surface area contributed by atoms with Crippen LogP contribution in [0.3, 0.4) is 0 Å². The van der Waals surface area contributed by atoms with Crippen molar-refractivity contribution in [3.8, 4) is 5.75 Å². The lowest BCUT2D eigenvalue weighted by atomic mass is 10.0. The van der Waals surface area contributed by atoms with Crippen molar-refractivity contribution in [1.29, 1.82) is 0 Å². The van der Waals surface area contributed by atoms with Crippen molar-refractivity contribution in [1.82, 2.24) is 0 Å². The smallest absolute Gasteiger partial charge is 0.122 e. The highest BCUT2D eigenvalue weighted by Gasteiger charge is 2.10. The maximum Gasteiger partial charge on any atom is 0.122 e. The van der Waals surface area contributed by atoms with Crippen molar-refractivity contribution >= 4 is 5.69 Å². The molecule has 102 valence electrons. The van der Waals surface area contributed by atoms with E-state index in [1.165, 1.54) is 11.3 Å². The van der Waals surface area contributed by atoms with Crippen LogP contribution in [0.25, 0.3) is 0 Å². The summed E-state index contributed by atoms with van der Waals surface area (Å²) in [6.45, 7) is 5.58. The van der Waals surface area contributed by atoms with E-state index in [1.807, 2.05) is 6.07 Å². The fourth-order valence-electron chi connectivity index (χ4n) is 2.00. The number of anilines is 1. The Morgan fingerprint density at radius 2 is 2.00 bits per heavy atom. The molecule has 0 fully saturated rings. The lowest BCUT2D eigenvalue weighted by Crippen LogP contribution is -2.19. The van der Waals surface area contributed by atoms with Gasteiger partial charge in [0, 0.05) is 25.9 Å². The highest BCUT2D eigenvalue weighted by atomic mass is 16.5. The molecule has 3 heteroatoms. The number of methoxy groups -OCH3 is 1. The van der Waals surface area contributed by atoms with Crippen molar-refractivity contribution in [3.63, 3.8) is 0 Å². The van der Waals surface area contributed by atoms with Crippen molar-refractivity contribution in [3.05, 3.63) is 23.8 Å². The van der Waals surface area contributed by atoms with Gasteiger partial charge in [-0.25, -0.2) is 0 Å². The highest BCUT2D eigenvalue weighted by molar-refractivity contribution is 5.53. The molecule has 0 heterocycles. The van der Waals surface area contributed by atoms with Gasteiger partial charge in [-0.15, -0.1) is 0 Å². The van der Waals surface area contributed by atoms with Crippen LogP contribution in [0, 0.1) is 0 Å². The van der Waals surface area contributed by atoms with Crippen LogP contribution in [0.4, 0.5) is 5.69 Å². The predicted octanol–water partition coefficient (Wildman–Crippen LogP) is 3.03.